The van der Waals surface area contributed by atoms with Crippen LogP contribution in [0.3, 0.4) is 0 Å². The van der Waals surface area contributed by atoms with Gasteiger partial charge in [0.25, 0.3) is 0 Å². The van der Waals surface area contributed by atoms with Crippen LogP contribution >= 0.6 is 15.6 Å². The van der Waals surface area contributed by atoms with Crippen LogP contribution < -0.4 is 0 Å². The zero-order valence-corrected chi connectivity index (χ0v) is 58.6. The third-order valence-electron chi connectivity index (χ3n) is 16.0. The second-order valence-corrected chi connectivity index (χ2v) is 28.3. The van der Waals surface area contributed by atoms with Crippen molar-refractivity contribution < 1.29 is 80.2 Å². The summed E-state index contributed by atoms with van der Waals surface area (Å²) in [5.74, 6) is -1.35. The van der Waals surface area contributed by atoms with Crippen molar-refractivity contribution in [1.82, 2.24) is 0 Å². The van der Waals surface area contributed by atoms with Gasteiger partial charge in [0.2, 0.25) is 0 Å². The maximum absolute atomic E-state index is 13.0. The second kappa shape index (κ2) is 62.5. The Morgan fingerprint density at radius 2 is 0.523 bits per heavy atom. The van der Waals surface area contributed by atoms with Crippen LogP contribution in [0.15, 0.2) is 0 Å². The number of ether oxygens (including phenoxy) is 4. The molecule has 0 saturated heterocycles. The Kier molecular flexibility index (Phi) is 61.1. The quantitative estimate of drug-likeness (QED) is 0.0222. The van der Waals surface area contributed by atoms with E-state index in [1.807, 2.05) is 0 Å². The van der Waals surface area contributed by atoms with Gasteiger partial charge in [-0.3, -0.25) is 37.3 Å². The first-order valence-electron chi connectivity index (χ1n) is 36.1. The first-order chi connectivity index (χ1) is 42.5. The fraction of sp³-hybridized carbons (Fsp3) is 0.942. The van der Waals surface area contributed by atoms with Crippen LogP contribution in [-0.4, -0.2) is 96.7 Å². The molecule has 0 rings (SSSR count). The number of hydrogen-bond acceptors (Lipinski definition) is 15. The van der Waals surface area contributed by atoms with E-state index in [2.05, 4.69) is 34.6 Å². The molecule has 0 fully saturated rings. The van der Waals surface area contributed by atoms with Crippen molar-refractivity contribution in [2.24, 2.45) is 5.92 Å². The van der Waals surface area contributed by atoms with E-state index < -0.39 is 97.5 Å². The molecule has 17 nitrogen and oxygen atoms in total. The SMILES string of the molecule is CCCCCCCCCCCCCCCC(=O)OC[C@H](COP(=O)(O)OC[C@@H](O)COP(=O)(O)OC[C@@H](COC(=O)CCCCCCCCC)OC(=O)CCCCCCCCCCCCCCC)OC(=O)CCCCCCCCCCCCCCC(C)C. The van der Waals surface area contributed by atoms with Crippen LogP contribution in [0.1, 0.15) is 356 Å². The van der Waals surface area contributed by atoms with Crippen molar-refractivity contribution in [3.63, 3.8) is 0 Å². The van der Waals surface area contributed by atoms with Gasteiger partial charge in [0.1, 0.15) is 19.3 Å². The van der Waals surface area contributed by atoms with E-state index in [-0.39, 0.29) is 25.7 Å². The van der Waals surface area contributed by atoms with E-state index in [0.717, 1.165) is 109 Å². The molecule has 0 aliphatic heterocycles. The first-order valence-corrected chi connectivity index (χ1v) is 39.1. The van der Waals surface area contributed by atoms with Gasteiger partial charge >= 0.3 is 39.5 Å². The lowest BCUT2D eigenvalue weighted by molar-refractivity contribution is -0.161. The number of aliphatic hydroxyl groups is 1. The number of carbonyl (C=O) groups excluding carboxylic acids is 4. The van der Waals surface area contributed by atoms with E-state index in [9.17, 15) is 43.2 Å². The van der Waals surface area contributed by atoms with Crippen LogP contribution in [0, 0.1) is 5.92 Å². The number of unbranched alkanes of at least 4 members (excludes halogenated alkanes) is 41. The summed E-state index contributed by atoms with van der Waals surface area (Å²) < 4.78 is 68.2. The summed E-state index contributed by atoms with van der Waals surface area (Å²) in [6, 6.07) is 0. The molecule has 0 aliphatic rings. The van der Waals surface area contributed by atoms with Crippen molar-refractivity contribution in [2.75, 3.05) is 39.6 Å². The molecule has 0 aromatic rings. The summed E-state index contributed by atoms with van der Waals surface area (Å²) >= 11 is 0. The van der Waals surface area contributed by atoms with Gasteiger partial charge in [0.15, 0.2) is 12.2 Å². The number of phosphoric acid groups is 2. The summed E-state index contributed by atoms with van der Waals surface area (Å²) in [6.45, 7) is 7.22. The van der Waals surface area contributed by atoms with E-state index in [0.29, 0.717) is 25.7 Å². The molecule has 0 aliphatic carbocycles. The first kappa shape index (κ1) is 86.1. The molecule has 0 spiro atoms. The molecule has 2 unspecified atom stereocenters. The maximum atomic E-state index is 13.0. The zero-order chi connectivity index (χ0) is 64.9. The van der Waals surface area contributed by atoms with Gasteiger partial charge in [-0.15, -0.1) is 0 Å². The lowest BCUT2D eigenvalue weighted by Crippen LogP contribution is -2.30. The van der Waals surface area contributed by atoms with Crippen LogP contribution in [-0.2, 0) is 65.4 Å². The van der Waals surface area contributed by atoms with Crippen molar-refractivity contribution in [3.8, 4) is 0 Å². The van der Waals surface area contributed by atoms with E-state index in [4.69, 9.17) is 37.0 Å². The molecule has 19 heteroatoms. The Labute approximate surface area is 537 Å². The number of carbonyl (C=O) groups is 4. The minimum Gasteiger partial charge on any atom is -0.462 e. The minimum absolute atomic E-state index is 0.107. The van der Waals surface area contributed by atoms with Crippen LogP contribution in [0.5, 0.6) is 0 Å². The van der Waals surface area contributed by atoms with Gasteiger partial charge in [-0.1, -0.05) is 304 Å². The Morgan fingerprint density at radius 3 is 0.773 bits per heavy atom. The van der Waals surface area contributed by atoms with Gasteiger partial charge < -0.3 is 33.8 Å². The molecule has 0 aromatic heterocycles. The highest BCUT2D eigenvalue weighted by Crippen LogP contribution is 2.45. The molecule has 0 heterocycles. The number of phosphoric ester groups is 2. The van der Waals surface area contributed by atoms with Crippen molar-refractivity contribution in [3.05, 3.63) is 0 Å². The number of rotatable bonds is 69. The summed E-state index contributed by atoms with van der Waals surface area (Å²) in [6.07, 6.45) is 48.5. The number of hydrogen-bond donors (Lipinski definition) is 3. The molecule has 3 N–H and O–H groups in total. The highest BCUT2D eigenvalue weighted by molar-refractivity contribution is 7.47. The summed E-state index contributed by atoms with van der Waals surface area (Å²) in [7, 11) is -9.89. The van der Waals surface area contributed by atoms with Gasteiger partial charge in [-0.05, 0) is 31.6 Å². The van der Waals surface area contributed by atoms with Crippen LogP contribution in [0.2, 0.25) is 0 Å². The molecule has 522 valence electrons. The van der Waals surface area contributed by atoms with E-state index in [1.54, 1.807) is 0 Å². The topological polar surface area (TPSA) is 237 Å². The zero-order valence-electron chi connectivity index (χ0n) is 56.9. The lowest BCUT2D eigenvalue weighted by Gasteiger charge is -2.21. The van der Waals surface area contributed by atoms with E-state index >= 15 is 0 Å². The molecule has 88 heavy (non-hydrogen) atoms. The average Bonchev–Trinajstić information content (AvgIpc) is 3.71. The molecule has 0 amide bonds. The Hall–Kier alpha value is -1.94. The Bertz CT molecular complexity index is 1700. The number of aliphatic hydroxyl groups excluding tert-OH is 1. The molecule has 0 bridgehead atoms. The second-order valence-electron chi connectivity index (χ2n) is 25.4. The number of esters is 4. The largest absolute Gasteiger partial charge is 0.472 e. The highest BCUT2D eigenvalue weighted by Gasteiger charge is 2.30. The van der Waals surface area contributed by atoms with Gasteiger partial charge in [0.05, 0.1) is 26.4 Å². The third-order valence-corrected chi connectivity index (χ3v) is 17.9. The van der Waals surface area contributed by atoms with Crippen molar-refractivity contribution in [2.45, 2.75) is 374 Å². The molecule has 0 aromatic carbocycles. The van der Waals surface area contributed by atoms with E-state index in [1.165, 1.54) is 167 Å². The average molecular weight is 1300 g/mol. The monoisotopic (exact) mass is 1300 g/mol. The minimum atomic E-state index is -4.95. The van der Waals surface area contributed by atoms with Crippen molar-refractivity contribution >= 4 is 39.5 Å². The fourth-order valence-corrected chi connectivity index (χ4v) is 12.0. The third kappa shape index (κ3) is 62.8. The van der Waals surface area contributed by atoms with Gasteiger partial charge in [-0.25, -0.2) is 9.13 Å². The predicted molar refractivity (Wildman–Crippen MR) is 354 cm³/mol. The molecule has 0 radical (unpaired) electrons. The Morgan fingerprint density at radius 1 is 0.307 bits per heavy atom. The van der Waals surface area contributed by atoms with Crippen molar-refractivity contribution in [1.29, 1.82) is 0 Å². The molecular weight excluding hydrogens is 1160 g/mol. The standard InChI is InChI=1S/C69H134O17P2/c1-6-9-12-15-18-20-22-24-29-33-38-43-48-53-67(72)80-59-65(86-69(74)55-50-45-40-35-31-27-26-28-32-37-41-46-51-62(4)5)61-84-88(77,78)82-57-63(70)56-81-87(75,76)83-60-64(58-79-66(71)52-47-42-36-17-14-11-8-3)85-68(73)54-49-44-39-34-30-25-23-21-19-16-13-10-7-2/h62-65,70H,6-61H2,1-5H3,(H,75,76)(H,77,78)/t63-,64+,65+/m0/s1. The highest BCUT2D eigenvalue weighted by atomic mass is 31.2. The molecular formula is C69H134O17P2. The summed E-state index contributed by atoms with van der Waals surface area (Å²) in [5.41, 5.74) is 0. The fourth-order valence-electron chi connectivity index (χ4n) is 10.5. The van der Waals surface area contributed by atoms with Crippen LogP contribution in [0.4, 0.5) is 0 Å². The lowest BCUT2D eigenvalue weighted by atomic mass is 10.0. The molecule has 5 atom stereocenters. The van der Waals surface area contributed by atoms with Gasteiger partial charge in [0, 0.05) is 25.7 Å². The summed E-state index contributed by atoms with van der Waals surface area (Å²) in [5, 5.41) is 10.6. The normalized spacial score (nSPS) is 14.1. The smallest absolute Gasteiger partial charge is 0.462 e. The summed E-state index contributed by atoms with van der Waals surface area (Å²) in [4.78, 5) is 72.4. The van der Waals surface area contributed by atoms with Crippen LogP contribution in [0.25, 0.3) is 0 Å². The molecule has 0 saturated carbocycles. The van der Waals surface area contributed by atoms with Gasteiger partial charge in [-0.2, -0.15) is 0 Å². The Balaban J connectivity index is 5.21. The predicted octanol–water partition coefficient (Wildman–Crippen LogP) is 19.7. The maximum Gasteiger partial charge on any atom is 0.472 e.